The van der Waals surface area contributed by atoms with E-state index in [4.69, 9.17) is 9.84 Å². The minimum Gasteiger partial charge on any atom is -0.491 e. The third kappa shape index (κ3) is 4.49. The molecule has 0 bridgehead atoms. The number of hydrogen-bond donors (Lipinski definition) is 4. The summed E-state index contributed by atoms with van der Waals surface area (Å²) in [6.45, 7) is 4.25. The van der Waals surface area contributed by atoms with Crippen molar-refractivity contribution in [3.63, 3.8) is 0 Å². The molecular weight excluding hydrogens is 438 g/mol. The summed E-state index contributed by atoms with van der Waals surface area (Å²) in [7, 11) is 0. The van der Waals surface area contributed by atoms with Crippen molar-refractivity contribution in [2.75, 3.05) is 31.6 Å². The minimum atomic E-state index is -1.18. The monoisotopic (exact) mass is 465 g/mol. The molecule has 1 aromatic heterocycles. The molecule has 0 spiro atoms. The molecule has 178 valence electrons. The SMILES string of the molecule is CC1(O)CCN(C(=O)N2CCOc3ccc(-c4ccc5nc(NC(=O)O)[nH]c5c4)cc3C2)CC1. The second-order valence-electron chi connectivity index (χ2n) is 9.11. The molecule has 0 radical (unpaired) electrons. The van der Waals surface area contributed by atoms with Crippen LogP contribution in [0.2, 0.25) is 0 Å². The second kappa shape index (κ2) is 8.53. The lowest BCUT2D eigenvalue weighted by Crippen LogP contribution is -2.50. The van der Waals surface area contributed by atoms with Crippen LogP contribution in [0.15, 0.2) is 36.4 Å². The molecule has 3 heterocycles. The highest BCUT2D eigenvalue weighted by molar-refractivity contribution is 5.87. The Kier molecular flexibility index (Phi) is 5.52. The average Bonchev–Trinajstić information content (AvgIpc) is 3.06. The number of fused-ring (bicyclic) bond motifs is 2. The first-order chi connectivity index (χ1) is 16.3. The fourth-order valence-corrected chi connectivity index (χ4v) is 4.47. The molecule has 2 aromatic carbocycles. The highest BCUT2D eigenvalue weighted by Gasteiger charge is 2.32. The zero-order valence-corrected chi connectivity index (χ0v) is 18.9. The molecule has 2 aliphatic heterocycles. The summed E-state index contributed by atoms with van der Waals surface area (Å²) in [5.41, 5.74) is 3.47. The minimum absolute atomic E-state index is 0.0327. The number of imidazole rings is 1. The summed E-state index contributed by atoms with van der Waals surface area (Å²) in [5.74, 6) is 0.930. The van der Waals surface area contributed by atoms with E-state index < -0.39 is 11.7 Å². The van der Waals surface area contributed by atoms with E-state index in [2.05, 4.69) is 15.3 Å². The van der Waals surface area contributed by atoms with E-state index >= 15 is 0 Å². The number of H-pyrrole nitrogens is 1. The number of amides is 3. The molecule has 0 atom stereocenters. The maximum Gasteiger partial charge on any atom is 0.411 e. The molecule has 3 aromatic rings. The van der Waals surface area contributed by atoms with Gasteiger partial charge in [-0.05, 0) is 55.2 Å². The fourth-order valence-electron chi connectivity index (χ4n) is 4.47. The summed E-state index contributed by atoms with van der Waals surface area (Å²) in [4.78, 5) is 34.8. The molecule has 4 N–H and O–H groups in total. The van der Waals surface area contributed by atoms with Gasteiger partial charge >= 0.3 is 12.1 Å². The van der Waals surface area contributed by atoms with E-state index in [-0.39, 0.29) is 12.0 Å². The number of nitrogens with zero attached hydrogens (tertiary/aromatic N) is 3. The van der Waals surface area contributed by atoms with Gasteiger partial charge in [-0.2, -0.15) is 0 Å². The third-order valence-electron chi connectivity index (χ3n) is 6.46. The first-order valence-corrected chi connectivity index (χ1v) is 11.3. The fraction of sp³-hybridized carbons (Fsp3) is 0.375. The molecule has 10 nitrogen and oxygen atoms in total. The highest BCUT2D eigenvalue weighted by atomic mass is 16.5. The van der Waals surface area contributed by atoms with Crippen molar-refractivity contribution >= 4 is 29.1 Å². The van der Waals surface area contributed by atoms with Crippen LogP contribution in [0.25, 0.3) is 22.2 Å². The van der Waals surface area contributed by atoms with Gasteiger partial charge in [0.1, 0.15) is 12.4 Å². The molecule has 0 unspecified atom stereocenters. The topological polar surface area (TPSA) is 131 Å². The molecule has 3 amide bonds. The predicted molar refractivity (Wildman–Crippen MR) is 126 cm³/mol. The van der Waals surface area contributed by atoms with Gasteiger partial charge in [-0.3, -0.25) is 5.32 Å². The lowest BCUT2D eigenvalue weighted by molar-refractivity contribution is 0.000208. The molecule has 10 heteroatoms. The molecule has 1 fully saturated rings. The van der Waals surface area contributed by atoms with Gasteiger partial charge in [0.15, 0.2) is 0 Å². The van der Waals surface area contributed by atoms with Crippen molar-refractivity contribution in [3.05, 3.63) is 42.0 Å². The Morgan fingerprint density at radius 3 is 2.59 bits per heavy atom. The summed E-state index contributed by atoms with van der Waals surface area (Å²) in [6.07, 6.45) is -0.0354. The standard InChI is InChI=1S/C24H27N5O5/c1-24(33)6-8-28(9-7-24)23(32)29-10-11-34-20-5-3-15(12-17(20)14-29)16-2-4-18-19(13-16)26-21(25-18)27-22(30)31/h2-5,12-13,33H,6-11,14H2,1H3,(H,30,31)(H2,25,26,27). The maximum absolute atomic E-state index is 13.2. The Morgan fingerprint density at radius 2 is 1.82 bits per heavy atom. The van der Waals surface area contributed by atoms with Crippen LogP contribution >= 0.6 is 0 Å². The average molecular weight is 466 g/mol. The van der Waals surface area contributed by atoms with E-state index in [0.29, 0.717) is 56.7 Å². The number of nitrogens with one attached hydrogen (secondary N) is 2. The van der Waals surface area contributed by atoms with Gasteiger partial charge in [-0.15, -0.1) is 0 Å². The number of carboxylic acid groups (broad SMARTS) is 1. The molecule has 34 heavy (non-hydrogen) atoms. The van der Waals surface area contributed by atoms with Crippen LogP contribution in [-0.2, 0) is 6.54 Å². The third-order valence-corrected chi connectivity index (χ3v) is 6.46. The Morgan fingerprint density at radius 1 is 1.09 bits per heavy atom. The van der Waals surface area contributed by atoms with E-state index in [1.807, 2.05) is 48.2 Å². The number of hydrogen-bond acceptors (Lipinski definition) is 5. The van der Waals surface area contributed by atoms with Crippen LogP contribution in [0.4, 0.5) is 15.5 Å². The number of urea groups is 1. The zero-order chi connectivity index (χ0) is 23.9. The van der Waals surface area contributed by atoms with Gasteiger partial charge < -0.3 is 29.7 Å². The number of carbonyl (C=O) groups is 2. The van der Waals surface area contributed by atoms with Gasteiger partial charge in [0.25, 0.3) is 0 Å². The number of aliphatic hydroxyl groups is 1. The van der Waals surface area contributed by atoms with Crippen molar-refractivity contribution in [1.82, 2.24) is 19.8 Å². The molecule has 2 aliphatic rings. The van der Waals surface area contributed by atoms with E-state index in [9.17, 15) is 14.7 Å². The largest absolute Gasteiger partial charge is 0.491 e. The lowest BCUT2D eigenvalue weighted by Gasteiger charge is -2.38. The van der Waals surface area contributed by atoms with Gasteiger partial charge in [0, 0.05) is 18.7 Å². The van der Waals surface area contributed by atoms with Crippen molar-refractivity contribution < 1.29 is 24.5 Å². The van der Waals surface area contributed by atoms with E-state index in [1.54, 1.807) is 4.90 Å². The zero-order valence-electron chi connectivity index (χ0n) is 18.9. The van der Waals surface area contributed by atoms with Crippen molar-refractivity contribution in [2.24, 2.45) is 0 Å². The second-order valence-corrected chi connectivity index (χ2v) is 9.11. The van der Waals surface area contributed by atoms with Crippen molar-refractivity contribution in [1.29, 1.82) is 0 Å². The molecular formula is C24H27N5O5. The van der Waals surface area contributed by atoms with Crippen LogP contribution < -0.4 is 10.1 Å². The van der Waals surface area contributed by atoms with Crippen LogP contribution in [-0.4, -0.2) is 73.9 Å². The Labute approximate surface area is 196 Å². The number of rotatable bonds is 2. The number of ether oxygens (including phenoxy) is 1. The van der Waals surface area contributed by atoms with Crippen LogP contribution in [0, 0.1) is 0 Å². The molecule has 1 saturated heterocycles. The number of benzene rings is 2. The summed E-state index contributed by atoms with van der Waals surface area (Å²) in [6, 6.07) is 11.6. The number of aromatic nitrogens is 2. The quantitative estimate of drug-likeness (QED) is 0.458. The van der Waals surface area contributed by atoms with Gasteiger partial charge in [0.05, 0.1) is 29.7 Å². The first kappa shape index (κ1) is 22.0. The van der Waals surface area contributed by atoms with Gasteiger partial charge in [0.2, 0.25) is 5.95 Å². The van der Waals surface area contributed by atoms with Crippen molar-refractivity contribution in [2.45, 2.75) is 31.9 Å². The Hall–Kier alpha value is -3.79. The summed E-state index contributed by atoms with van der Waals surface area (Å²) < 4.78 is 5.92. The van der Waals surface area contributed by atoms with Crippen molar-refractivity contribution in [3.8, 4) is 16.9 Å². The summed E-state index contributed by atoms with van der Waals surface area (Å²) >= 11 is 0. The summed E-state index contributed by atoms with van der Waals surface area (Å²) in [5, 5.41) is 21.3. The van der Waals surface area contributed by atoms with Crippen LogP contribution in [0.3, 0.4) is 0 Å². The van der Waals surface area contributed by atoms with E-state index in [1.165, 1.54) is 0 Å². The molecule has 5 rings (SSSR count). The van der Waals surface area contributed by atoms with Gasteiger partial charge in [-0.25, -0.2) is 14.6 Å². The Balaban J connectivity index is 1.37. The first-order valence-electron chi connectivity index (χ1n) is 11.3. The normalized spacial score (nSPS) is 17.6. The number of likely N-dealkylation sites (tertiary alicyclic amines) is 1. The molecule has 0 aliphatic carbocycles. The van der Waals surface area contributed by atoms with E-state index in [0.717, 1.165) is 22.4 Å². The lowest BCUT2D eigenvalue weighted by atomic mass is 9.94. The Bertz CT molecular complexity index is 1240. The highest BCUT2D eigenvalue weighted by Crippen LogP contribution is 2.31. The number of carbonyl (C=O) groups excluding carboxylic acids is 1. The van der Waals surface area contributed by atoms with Crippen LogP contribution in [0.1, 0.15) is 25.3 Å². The maximum atomic E-state index is 13.2. The van der Waals surface area contributed by atoms with Gasteiger partial charge in [-0.1, -0.05) is 12.1 Å². The number of aromatic amines is 1. The number of anilines is 1. The van der Waals surface area contributed by atoms with Crippen LogP contribution in [0.5, 0.6) is 5.75 Å². The smallest absolute Gasteiger partial charge is 0.411 e. The predicted octanol–water partition coefficient (Wildman–Crippen LogP) is 3.48. The molecule has 0 saturated carbocycles. The number of piperidine rings is 1.